The molecule has 3 aliphatic heterocycles. The van der Waals surface area contributed by atoms with Gasteiger partial charge in [0.05, 0.1) is 19.5 Å². The molecule has 0 atom stereocenters. The maximum absolute atomic E-state index is 12.9. The zero-order valence-corrected chi connectivity index (χ0v) is 22.1. The predicted octanol–water partition coefficient (Wildman–Crippen LogP) is 1.24. The Bertz CT molecular complexity index is 1170. The van der Waals surface area contributed by atoms with E-state index in [1.54, 1.807) is 23.2 Å². The van der Waals surface area contributed by atoms with Crippen molar-refractivity contribution in [2.24, 2.45) is 0 Å². The highest BCUT2D eigenvalue weighted by molar-refractivity contribution is 7.88. The number of benzene rings is 1. The highest BCUT2D eigenvalue weighted by Gasteiger charge is 2.28. The number of nitrogens with one attached hydrogen (secondary N) is 1. The summed E-state index contributed by atoms with van der Waals surface area (Å²) in [6, 6.07) is 9.72. The van der Waals surface area contributed by atoms with Crippen LogP contribution in [0.1, 0.15) is 23.2 Å². The minimum atomic E-state index is -3.23. The Balaban J connectivity index is 1.15. The lowest BCUT2D eigenvalue weighted by atomic mass is 10.0. The fourth-order valence-corrected chi connectivity index (χ4v) is 6.02. The summed E-state index contributed by atoms with van der Waals surface area (Å²) in [5.41, 5.74) is 1.40. The van der Waals surface area contributed by atoms with Crippen LogP contribution in [-0.2, 0) is 14.8 Å². The third-order valence-corrected chi connectivity index (χ3v) is 8.65. The number of amides is 1. The van der Waals surface area contributed by atoms with Crippen molar-refractivity contribution >= 4 is 33.4 Å². The van der Waals surface area contributed by atoms with Crippen molar-refractivity contribution in [3.8, 4) is 0 Å². The van der Waals surface area contributed by atoms with Crippen LogP contribution in [0.5, 0.6) is 0 Å². The van der Waals surface area contributed by atoms with Gasteiger partial charge in [0.25, 0.3) is 5.91 Å². The van der Waals surface area contributed by atoms with E-state index in [9.17, 15) is 13.2 Å². The van der Waals surface area contributed by atoms with Crippen LogP contribution in [0.15, 0.2) is 36.5 Å². The molecule has 0 saturated carbocycles. The summed E-state index contributed by atoms with van der Waals surface area (Å²) in [5.74, 6) is 1.34. The Morgan fingerprint density at radius 2 is 1.62 bits per heavy atom. The molecule has 3 fully saturated rings. The average molecular weight is 530 g/mol. The number of anilines is 3. The van der Waals surface area contributed by atoms with E-state index < -0.39 is 10.0 Å². The third-order valence-electron chi connectivity index (χ3n) is 7.35. The summed E-state index contributed by atoms with van der Waals surface area (Å²) in [6.07, 6.45) is 5.16. The Morgan fingerprint density at radius 1 is 0.946 bits per heavy atom. The van der Waals surface area contributed by atoms with Crippen LogP contribution in [0.4, 0.5) is 17.5 Å². The molecule has 1 aromatic heterocycles. The van der Waals surface area contributed by atoms with Crippen molar-refractivity contribution in [2.75, 3.05) is 82.0 Å². The monoisotopic (exact) mass is 529 g/mol. The molecule has 5 rings (SSSR count). The second kappa shape index (κ2) is 11.3. The van der Waals surface area contributed by atoms with Gasteiger partial charge in [-0.1, -0.05) is 0 Å². The number of sulfonamides is 1. The number of hydrogen-bond donors (Lipinski definition) is 1. The molecule has 37 heavy (non-hydrogen) atoms. The van der Waals surface area contributed by atoms with Crippen LogP contribution >= 0.6 is 0 Å². The van der Waals surface area contributed by atoms with Crippen molar-refractivity contribution in [3.63, 3.8) is 0 Å². The molecule has 4 heterocycles. The Kier molecular flexibility index (Phi) is 7.89. The van der Waals surface area contributed by atoms with Gasteiger partial charge < -0.3 is 19.9 Å². The molecular formula is C25H35N7O4S. The molecule has 2 aromatic rings. The lowest BCUT2D eigenvalue weighted by molar-refractivity contribution is 0.0114. The fraction of sp³-hybridized carbons (Fsp3) is 0.560. The number of hydrogen-bond acceptors (Lipinski definition) is 9. The zero-order chi connectivity index (χ0) is 25.8. The summed E-state index contributed by atoms with van der Waals surface area (Å²) >= 11 is 0. The van der Waals surface area contributed by atoms with E-state index in [-0.39, 0.29) is 5.91 Å². The molecule has 1 aromatic carbocycles. The van der Waals surface area contributed by atoms with E-state index >= 15 is 0 Å². The van der Waals surface area contributed by atoms with E-state index in [1.807, 2.05) is 18.2 Å². The first kappa shape index (κ1) is 25.8. The number of rotatable bonds is 6. The maximum atomic E-state index is 12.9. The van der Waals surface area contributed by atoms with Crippen LogP contribution in [0.3, 0.4) is 0 Å². The van der Waals surface area contributed by atoms with Gasteiger partial charge in [0.2, 0.25) is 16.0 Å². The van der Waals surface area contributed by atoms with Crippen LogP contribution < -0.4 is 10.2 Å². The van der Waals surface area contributed by atoms with Gasteiger partial charge in [-0.25, -0.2) is 13.4 Å². The number of carbonyl (C=O) groups is 1. The molecule has 0 bridgehead atoms. The van der Waals surface area contributed by atoms with Crippen LogP contribution in [0, 0.1) is 0 Å². The summed E-state index contributed by atoms with van der Waals surface area (Å²) in [4.78, 5) is 28.6. The quantitative estimate of drug-likeness (QED) is 0.591. The van der Waals surface area contributed by atoms with Gasteiger partial charge in [0.1, 0.15) is 5.82 Å². The first-order valence-corrected chi connectivity index (χ1v) is 14.7. The van der Waals surface area contributed by atoms with Gasteiger partial charge in [-0.3, -0.25) is 9.69 Å². The lowest BCUT2D eigenvalue weighted by Crippen LogP contribution is -2.50. The Morgan fingerprint density at radius 3 is 2.27 bits per heavy atom. The first-order chi connectivity index (χ1) is 17.9. The van der Waals surface area contributed by atoms with Crippen LogP contribution in [0.25, 0.3) is 0 Å². The minimum Gasteiger partial charge on any atom is -0.379 e. The zero-order valence-electron chi connectivity index (χ0n) is 21.3. The number of piperidine rings is 1. The molecule has 0 radical (unpaired) electrons. The second-order valence-electron chi connectivity index (χ2n) is 9.77. The average Bonchev–Trinajstić information content (AvgIpc) is 2.93. The Hall–Kier alpha value is -2.80. The van der Waals surface area contributed by atoms with E-state index in [2.05, 4.69) is 20.1 Å². The molecule has 0 aliphatic carbocycles. The van der Waals surface area contributed by atoms with Crippen LogP contribution in [0.2, 0.25) is 0 Å². The summed E-state index contributed by atoms with van der Waals surface area (Å²) < 4.78 is 30.3. The number of carbonyl (C=O) groups excluding carboxylic acids is 1. The SMILES string of the molecule is CS(=O)(=O)N1CCN(C(=O)c2ccc(Nc3ccnc(N4CCC(N5CCOCC5)CC4)n3)cc2)CC1. The van der Waals surface area contributed by atoms with Gasteiger partial charge in [0.15, 0.2) is 0 Å². The van der Waals surface area contributed by atoms with E-state index in [0.717, 1.165) is 63.9 Å². The number of morpholine rings is 1. The number of piperazine rings is 1. The normalized spacial score (nSPS) is 20.7. The summed E-state index contributed by atoms with van der Waals surface area (Å²) in [7, 11) is -3.23. The molecule has 12 heteroatoms. The van der Waals surface area contributed by atoms with Crippen LogP contribution in [-0.4, -0.2) is 116 Å². The Labute approximate surface area is 218 Å². The summed E-state index contributed by atoms with van der Waals surface area (Å²) in [5, 5.41) is 3.31. The third kappa shape index (κ3) is 6.38. The van der Waals surface area contributed by atoms with Crippen molar-refractivity contribution < 1.29 is 17.9 Å². The first-order valence-electron chi connectivity index (χ1n) is 12.9. The van der Waals surface area contributed by atoms with Gasteiger partial charge in [-0.2, -0.15) is 9.29 Å². The van der Waals surface area contributed by atoms with E-state index in [0.29, 0.717) is 43.6 Å². The maximum Gasteiger partial charge on any atom is 0.253 e. The van der Waals surface area contributed by atoms with Gasteiger partial charge >= 0.3 is 0 Å². The van der Waals surface area contributed by atoms with E-state index in [1.165, 1.54) is 10.6 Å². The molecule has 3 saturated heterocycles. The van der Waals surface area contributed by atoms with E-state index in [4.69, 9.17) is 9.72 Å². The number of aromatic nitrogens is 2. The molecule has 200 valence electrons. The minimum absolute atomic E-state index is 0.0931. The van der Waals surface area contributed by atoms with Crippen molar-refractivity contribution in [1.29, 1.82) is 0 Å². The van der Waals surface area contributed by atoms with Gasteiger partial charge in [-0.15, -0.1) is 0 Å². The molecule has 0 spiro atoms. The summed E-state index contributed by atoms with van der Waals surface area (Å²) in [6.45, 7) is 6.98. The van der Waals surface area contributed by atoms with Crippen molar-refractivity contribution in [1.82, 2.24) is 24.1 Å². The standard InChI is InChI=1S/C25H35N7O4S/c1-37(34,35)32-14-12-30(13-15-32)24(33)20-2-4-21(5-3-20)27-23-6-9-26-25(28-23)31-10-7-22(8-11-31)29-16-18-36-19-17-29/h2-6,9,22H,7-8,10-19H2,1H3,(H,26,27,28). The van der Waals surface area contributed by atoms with Gasteiger partial charge in [-0.05, 0) is 43.2 Å². The lowest BCUT2D eigenvalue weighted by Gasteiger charge is -2.40. The second-order valence-corrected chi connectivity index (χ2v) is 11.7. The number of ether oxygens (including phenoxy) is 1. The molecule has 3 aliphatic rings. The molecule has 11 nitrogen and oxygen atoms in total. The smallest absolute Gasteiger partial charge is 0.253 e. The largest absolute Gasteiger partial charge is 0.379 e. The molecular weight excluding hydrogens is 494 g/mol. The highest BCUT2D eigenvalue weighted by Crippen LogP contribution is 2.23. The fourth-order valence-electron chi connectivity index (χ4n) is 5.19. The number of nitrogens with zero attached hydrogens (tertiary/aromatic N) is 6. The molecule has 1 N–H and O–H groups in total. The van der Waals surface area contributed by atoms with Crippen molar-refractivity contribution in [2.45, 2.75) is 18.9 Å². The van der Waals surface area contributed by atoms with Crippen molar-refractivity contribution in [3.05, 3.63) is 42.1 Å². The molecule has 1 amide bonds. The topological polar surface area (TPSA) is 111 Å². The van der Waals surface area contributed by atoms with Gasteiger partial charge in [0, 0.05) is 75.8 Å². The predicted molar refractivity (Wildman–Crippen MR) is 142 cm³/mol. The molecule has 0 unspecified atom stereocenters. The highest BCUT2D eigenvalue weighted by atomic mass is 32.2.